The van der Waals surface area contributed by atoms with E-state index < -0.39 is 10.4 Å². The molecular weight excluding hydrogens is 372 g/mol. The zero-order valence-electron chi connectivity index (χ0n) is 16.4. The topological polar surface area (TPSA) is 98.3 Å². The Morgan fingerprint density at radius 2 is 1.90 bits per heavy atom. The number of nitrogens with zero attached hydrogens (tertiary/aromatic N) is 4. The number of aromatic nitrogens is 2. The number of nitro benzene ring substituents is 1. The van der Waals surface area contributed by atoms with Crippen LogP contribution in [0.1, 0.15) is 54.7 Å². The summed E-state index contributed by atoms with van der Waals surface area (Å²) in [5.41, 5.74) is -0.0658. The van der Waals surface area contributed by atoms with Gasteiger partial charge in [0.1, 0.15) is 5.69 Å². The molecule has 8 heteroatoms. The quantitative estimate of drug-likeness (QED) is 0.586. The molecular formula is C21H24N4O4. The molecule has 8 nitrogen and oxygen atoms in total. The molecule has 0 N–H and O–H groups in total. The van der Waals surface area contributed by atoms with Gasteiger partial charge in [0.05, 0.1) is 4.92 Å². The van der Waals surface area contributed by atoms with Gasteiger partial charge in [-0.05, 0) is 44.6 Å². The van der Waals surface area contributed by atoms with E-state index in [9.17, 15) is 19.7 Å². The van der Waals surface area contributed by atoms with Crippen LogP contribution in [0.2, 0.25) is 0 Å². The lowest BCUT2D eigenvalue weighted by molar-refractivity contribution is -0.384. The zero-order valence-corrected chi connectivity index (χ0v) is 16.4. The number of para-hydroxylation sites is 2. The van der Waals surface area contributed by atoms with E-state index in [1.54, 1.807) is 25.1 Å². The summed E-state index contributed by atoms with van der Waals surface area (Å²) in [7, 11) is 0. The summed E-state index contributed by atoms with van der Waals surface area (Å²) in [6.45, 7) is 2.28. The summed E-state index contributed by atoms with van der Waals surface area (Å²) in [5, 5.41) is 15.7. The average molecular weight is 396 g/mol. The van der Waals surface area contributed by atoms with Gasteiger partial charge >= 0.3 is 0 Å². The monoisotopic (exact) mass is 396 g/mol. The van der Waals surface area contributed by atoms with Crippen molar-refractivity contribution in [1.29, 1.82) is 0 Å². The minimum Gasteiger partial charge on any atom is -0.334 e. The molecule has 1 aromatic heterocycles. The lowest BCUT2D eigenvalue weighted by Gasteiger charge is -2.43. The van der Waals surface area contributed by atoms with Crippen LogP contribution in [0.3, 0.4) is 0 Å². The first-order chi connectivity index (χ1) is 14.0. The molecule has 2 aromatic rings. The third kappa shape index (κ3) is 3.54. The number of carbonyl (C=O) groups is 1. The Balaban J connectivity index is 1.76. The second-order valence-corrected chi connectivity index (χ2v) is 7.91. The van der Waals surface area contributed by atoms with Gasteiger partial charge in [-0.15, -0.1) is 0 Å². The van der Waals surface area contributed by atoms with Gasteiger partial charge in [0.2, 0.25) is 5.43 Å². The smallest absolute Gasteiger partial charge is 0.294 e. The van der Waals surface area contributed by atoms with Crippen molar-refractivity contribution >= 4 is 11.6 Å². The number of carbonyl (C=O) groups excluding carboxylic acids is 1. The van der Waals surface area contributed by atoms with Crippen LogP contribution in [0.15, 0.2) is 35.1 Å². The molecule has 2 atom stereocenters. The molecule has 2 aliphatic rings. The summed E-state index contributed by atoms with van der Waals surface area (Å²) in [6, 6.07) is 7.68. The maximum atomic E-state index is 13.3. The lowest BCUT2D eigenvalue weighted by atomic mass is 9.78. The van der Waals surface area contributed by atoms with Crippen LogP contribution in [0, 0.1) is 23.0 Å². The highest BCUT2D eigenvalue weighted by atomic mass is 16.6. The summed E-state index contributed by atoms with van der Waals surface area (Å²) >= 11 is 0. The van der Waals surface area contributed by atoms with E-state index in [0.717, 1.165) is 32.1 Å². The summed E-state index contributed by atoms with van der Waals surface area (Å²) in [5.74, 6) is 0.128. The predicted octanol–water partition coefficient (Wildman–Crippen LogP) is 3.24. The predicted molar refractivity (Wildman–Crippen MR) is 107 cm³/mol. The fourth-order valence-corrected chi connectivity index (χ4v) is 4.75. The third-order valence-electron chi connectivity index (χ3n) is 6.12. The molecule has 1 aromatic carbocycles. The fourth-order valence-electron chi connectivity index (χ4n) is 4.75. The van der Waals surface area contributed by atoms with Crippen molar-refractivity contribution < 1.29 is 9.72 Å². The largest absolute Gasteiger partial charge is 0.334 e. The number of fused-ring (bicyclic) bond motifs is 1. The highest BCUT2D eigenvalue weighted by Gasteiger charge is 2.37. The zero-order chi connectivity index (χ0) is 20.5. The molecule has 0 unspecified atom stereocenters. The number of benzene rings is 1. The molecule has 0 bridgehead atoms. The number of aryl methyl sites for hydroxylation is 1. The molecule has 4 rings (SSSR count). The molecule has 152 valence electrons. The van der Waals surface area contributed by atoms with E-state index >= 15 is 0 Å². The van der Waals surface area contributed by atoms with Crippen molar-refractivity contribution in [1.82, 2.24) is 14.7 Å². The van der Waals surface area contributed by atoms with Gasteiger partial charge in [0.25, 0.3) is 11.6 Å². The first kappa shape index (κ1) is 19.3. The van der Waals surface area contributed by atoms with Crippen molar-refractivity contribution in [3.05, 3.63) is 62.1 Å². The van der Waals surface area contributed by atoms with Gasteiger partial charge in [-0.3, -0.25) is 19.7 Å². The maximum Gasteiger partial charge on any atom is 0.294 e. The number of piperidine rings is 1. The van der Waals surface area contributed by atoms with Gasteiger partial charge in [-0.25, -0.2) is 4.68 Å². The highest BCUT2D eigenvalue weighted by molar-refractivity contribution is 5.92. The number of likely N-dealkylation sites (tertiary alicyclic amines) is 1. The Morgan fingerprint density at radius 3 is 2.69 bits per heavy atom. The number of rotatable bonds is 3. The summed E-state index contributed by atoms with van der Waals surface area (Å²) in [4.78, 5) is 38.7. The first-order valence-electron chi connectivity index (χ1n) is 10.1. The standard InChI is InChI=1S/C21H24N4O4/c1-14-13-19(26)20(22-24(14)17-10-4-5-11-18(17)25(28)29)21(27)23-12-6-8-15-7-2-3-9-16(15)23/h4-5,10-11,13,15-16H,2-3,6-9,12H2,1H3/t15-,16+/m0/s1. The third-order valence-corrected chi connectivity index (χ3v) is 6.12. The summed E-state index contributed by atoms with van der Waals surface area (Å²) < 4.78 is 1.33. The number of nitro groups is 1. The van der Waals surface area contributed by atoms with Crippen LogP contribution in [0.4, 0.5) is 5.69 Å². The van der Waals surface area contributed by atoms with E-state index in [1.165, 1.54) is 23.2 Å². The van der Waals surface area contributed by atoms with Gasteiger partial charge in [0, 0.05) is 30.4 Å². The molecule has 1 aliphatic carbocycles. The number of hydrogen-bond acceptors (Lipinski definition) is 5. The number of amides is 1. The Morgan fingerprint density at radius 1 is 1.17 bits per heavy atom. The highest BCUT2D eigenvalue weighted by Crippen LogP contribution is 2.35. The second-order valence-electron chi connectivity index (χ2n) is 7.91. The normalized spacial score (nSPS) is 21.5. The first-order valence-corrected chi connectivity index (χ1v) is 10.1. The van der Waals surface area contributed by atoms with Gasteiger partial charge < -0.3 is 4.90 Å². The van der Waals surface area contributed by atoms with Crippen molar-refractivity contribution in [3.63, 3.8) is 0 Å². The Labute approximate surface area is 168 Å². The van der Waals surface area contributed by atoms with E-state index in [1.807, 2.05) is 4.90 Å². The molecule has 1 aliphatic heterocycles. The minimum absolute atomic E-state index is 0.129. The molecule has 29 heavy (non-hydrogen) atoms. The van der Waals surface area contributed by atoms with Crippen molar-refractivity contribution in [2.24, 2.45) is 5.92 Å². The molecule has 1 saturated heterocycles. The fraction of sp³-hybridized carbons (Fsp3) is 0.476. The van der Waals surface area contributed by atoms with Gasteiger partial charge in [-0.1, -0.05) is 25.0 Å². The van der Waals surface area contributed by atoms with Gasteiger partial charge in [0.15, 0.2) is 5.69 Å². The maximum absolute atomic E-state index is 13.3. The van der Waals surface area contributed by atoms with Crippen molar-refractivity contribution in [2.75, 3.05) is 6.54 Å². The van der Waals surface area contributed by atoms with E-state index in [-0.39, 0.29) is 29.0 Å². The van der Waals surface area contributed by atoms with Crippen molar-refractivity contribution in [3.8, 4) is 5.69 Å². The molecule has 0 spiro atoms. The van der Waals surface area contributed by atoms with Gasteiger partial charge in [-0.2, -0.15) is 5.10 Å². The minimum atomic E-state index is -0.493. The van der Waals surface area contributed by atoms with Crippen LogP contribution in [-0.2, 0) is 0 Å². The molecule has 1 amide bonds. The summed E-state index contributed by atoms with van der Waals surface area (Å²) in [6.07, 6.45) is 6.41. The molecule has 2 heterocycles. The van der Waals surface area contributed by atoms with Crippen LogP contribution in [-0.4, -0.2) is 38.1 Å². The Kier molecular flexibility index (Phi) is 5.17. The number of hydrogen-bond donors (Lipinski definition) is 0. The lowest BCUT2D eigenvalue weighted by Crippen LogP contribution is -2.51. The second kappa shape index (κ2) is 7.77. The average Bonchev–Trinajstić information content (AvgIpc) is 2.73. The molecule has 0 radical (unpaired) electrons. The van der Waals surface area contributed by atoms with Crippen molar-refractivity contribution in [2.45, 2.75) is 51.5 Å². The van der Waals surface area contributed by atoms with E-state index in [2.05, 4.69) is 5.10 Å². The van der Waals surface area contributed by atoms with E-state index in [4.69, 9.17) is 0 Å². The Hall–Kier alpha value is -3.03. The van der Waals surface area contributed by atoms with E-state index in [0.29, 0.717) is 18.2 Å². The van der Waals surface area contributed by atoms with Crippen LogP contribution >= 0.6 is 0 Å². The molecule has 1 saturated carbocycles. The van der Waals surface area contributed by atoms with Crippen LogP contribution < -0.4 is 5.43 Å². The SMILES string of the molecule is Cc1cc(=O)c(C(=O)N2CCC[C@@H]3CCCC[C@H]32)nn1-c1ccccc1[N+](=O)[O-]. The van der Waals surface area contributed by atoms with Crippen LogP contribution in [0.25, 0.3) is 5.69 Å². The Bertz CT molecular complexity index is 1010. The molecule has 2 fully saturated rings. The van der Waals surface area contributed by atoms with Crippen LogP contribution in [0.5, 0.6) is 0 Å².